The van der Waals surface area contributed by atoms with Crippen molar-refractivity contribution in [3.63, 3.8) is 0 Å². The van der Waals surface area contributed by atoms with Gasteiger partial charge in [-0.3, -0.25) is 9.59 Å². The van der Waals surface area contributed by atoms with E-state index < -0.39 is 0 Å². The van der Waals surface area contributed by atoms with E-state index in [1.54, 1.807) is 6.20 Å². The molecule has 2 aliphatic carbocycles. The number of anilines is 1. The predicted octanol–water partition coefficient (Wildman–Crippen LogP) is 0.638. The Balaban J connectivity index is 1.53. The van der Waals surface area contributed by atoms with Crippen molar-refractivity contribution in [1.29, 1.82) is 0 Å². The molecule has 0 aromatic carbocycles. The zero-order valence-corrected chi connectivity index (χ0v) is 13.0. The van der Waals surface area contributed by atoms with Crippen LogP contribution in [0.4, 0.5) is 5.69 Å². The highest BCUT2D eigenvalue weighted by atomic mass is 16.2. The number of amides is 1. The molecule has 1 aromatic heterocycles. The quantitative estimate of drug-likeness (QED) is 0.811. The van der Waals surface area contributed by atoms with Crippen molar-refractivity contribution in [1.82, 2.24) is 15.1 Å². The number of carbonyl (C=O) groups is 1. The number of carbonyl (C=O) groups excluding carboxylic acids is 1. The Kier molecular flexibility index (Phi) is 4.00. The van der Waals surface area contributed by atoms with Gasteiger partial charge >= 0.3 is 0 Å². The smallest absolute Gasteiger partial charge is 0.269 e. The number of rotatable bonds is 5. The first kappa shape index (κ1) is 14.8. The van der Waals surface area contributed by atoms with Crippen molar-refractivity contribution in [2.45, 2.75) is 19.4 Å². The number of hydrogen-bond donors (Lipinski definition) is 1. The first-order chi connectivity index (χ1) is 10.5. The number of nitrogens with one attached hydrogen (secondary N) is 1. The summed E-state index contributed by atoms with van der Waals surface area (Å²) in [6.07, 6.45) is 8.55. The summed E-state index contributed by atoms with van der Waals surface area (Å²) in [4.78, 5) is 25.7. The second kappa shape index (κ2) is 5.94. The SMILES string of the molecule is CN(C)c1cnn(CC(=O)NC[C@@H]2C[C@@H]3C=C[C@H]2C3)c(=O)c1. The molecule has 0 radical (unpaired) electrons. The summed E-state index contributed by atoms with van der Waals surface area (Å²) in [5, 5.41) is 6.99. The lowest BCUT2D eigenvalue weighted by Crippen LogP contribution is -2.36. The maximum absolute atomic E-state index is 12.0. The van der Waals surface area contributed by atoms with Crippen LogP contribution in [-0.2, 0) is 11.3 Å². The molecule has 1 saturated carbocycles. The molecule has 1 amide bonds. The van der Waals surface area contributed by atoms with Gasteiger partial charge in [-0.2, -0.15) is 5.10 Å². The number of nitrogens with zero attached hydrogens (tertiary/aromatic N) is 3. The minimum absolute atomic E-state index is 0.0246. The lowest BCUT2D eigenvalue weighted by atomic mass is 9.94. The van der Waals surface area contributed by atoms with Crippen molar-refractivity contribution < 1.29 is 4.79 Å². The molecular formula is C16H22N4O2. The van der Waals surface area contributed by atoms with E-state index in [0.29, 0.717) is 24.3 Å². The van der Waals surface area contributed by atoms with Gasteiger partial charge < -0.3 is 10.2 Å². The summed E-state index contributed by atoms with van der Waals surface area (Å²) >= 11 is 0. The van der Waals surface area contributed by atoms with E-state index in [-0.39, 0.29) is 18.0 Å². The molecule has 118 valence electrons. The number of aromatic nitrogens is 2. The standard InChI is InChI=1S/C16H22N4O2/c1-19(2)14-7-16(22)20(18-9-14)10-15(21)17-8-13-6-11-3-4-12(13)5-11/h3-4,7,9,11-13H,5-6,8,10H2,1-2H3,(H,17,21)/t11-,12+,13+/m1/s1. The highest BCUT2D eigenvalue weighted by molar-refractivity contribution is 5.75. The van der Waals surface area contributed by atoms with Crippen LogP contribution >= 0.6 is 0 Å². The van der Waals surface area contributed by atoms with Crippen LogP contribution in [-0.4, -0.2) is 36.3 Å². The Morgan fingerprint density at radius 2 is 2.23 bits per heavy atom. The molecule has 0 spiro atoms. The molecule has 6 heteroatoms. The van der Waals surface area contributed by atoms with Crippen molar-refractivity contribution >= 4 is 11.6 Å². The second-order valence-corrected chi connectivity index (χ2v) is 6.45. The summed E-state index contributed by atoms with van der Waals surface area (Å²) in [7, 11) is 3.69. The Morgan fingerprint density at radius 3 is 2.82 bits per heavy atom. The van der Waals surface area contributed by atoms with Crippen LogP contribution in [0.2, 0.25) is 0 Å². The summed E-state index contributed by atoms with van der Waals surface area (Å²) in [5.41, 5.74) is 0.472. The first-order valence-corrected chi connectivity index (χ1v) is 7.72. The fourth-order valence-corrected chi connectivity index (χ4v) is 3.35. The fraction of sp³-hybridized carbons (Fsp3) is 0.562. The van der Waals surface area contributed by atoms with E-state index in [1.165, 1.54) is 17.2 Å². The average Bonchev–Trinajstić information content (AvgIpc) is 3.09. The van der Waals surface area contributed by atoms with E-state index in [2.05, 4.69) is 22.6 Å². The van der Waals surface area contributed by atoms with E-state index in [4.69, 9.17) is 0 Å². The largest absolute Gasteiger partial charge is 0.376 e. The molecule has 3 atom stereocenters. The van der Waals surface area contributed by atoms with Gasteiger partial charge in [-0.15, -0.1) is 0 Å². The number of hydrogen-bond acceptors (Lipinski definition) is 4. The molecule has 1 N–H and O–H groups in total. The molecule has 0 saturated heterocycles. The third-order valence-electron chi connectivity index (χ3n) is 4.64. The molecule has 1 aromatic rings. The van der Waals surface area contributed by atoms with Gasteiger partial charge in [0, 0.05) is 26.7 Å². The maximum Gasteiger partial charge on any atom is 0.269 e. The summed E-state index contributed by atoms with van der Waals surface area (Å²) in [5.74, 6) is 1.71. The van der Waals surface area contributed by atoms with Crippen molar-refractivity contribution in [2.24, 2.45) is 17.8 Å². The van der Waals surface area contributed by atoms with Gasteiger partial charge in [0.25, 0.3) is 5.56 Å². The Hall–Kier alpha value is -2.11. The normalized spacial score (nSPS) is 25.5. The van der Waals surface area contributed by atoms with Crippen LogP contribution in [0.25, 0.3) is 0 Å². The topological polar surface area (TPSA) is 67.2 Å². The molecule has 0 aliphatic heterocycles. The predicted molar refractivity (Wildman–Crippen MR) is 84.7 cm³/mol. The summed E-state index contributed by atoms with van der Waals surface area (Å²) in [6, 6.07) is 1.49. The molecule has 0 unspecified atom stereocenters. The molecular weight excluding hydrogens is 280 g/mol. The Morgan fingerprint density at radius 1 is 1.41 bits per heavy atom. The highest BCUT2D eigenvalue weighted by Gasteiger charge is 2.35. The zero-order chi connectivity index (χ0) is 15.7. The van der Waals surface area contributed by atoms with Crippen LogP contribution < -0.4 is 15.8 Å². The number of fused-ring (bicyclic) bond motifs is 2. The van der Waals surface area contributed by atoms with Crippen LogP contribution in [0.5, 0.6) is 0 Å². The van der Waals surface area contributed by atoms with Crippen LogP contribution in [0.3, 0.4) is 0 Å². The summed E-state index contributed by atoms with van der Waals surface area (Å²) < 4.78 is 1.20. The Labute approximate surface area is 129 Å². The molecule has 1 heterocycles. The third-order valence-corrected chi connectivity index (χ3v) is 4.64. The van der Waals surface area contributed by atoms with Crippen molar-refractivity contribution in [3.8, 4) is 0 Å². The first-order valence-electron chi connectivity index (χ1n) is 7.72. The number of allylic oxidation sites excluding steroid dienone is 2. The molecule has 22 heavy (non-hydrogen) atoms. The van der Waals surface area contributed by atoms with Gasteiger partial charge in [0.1, 0.15) is 6.54 Å². The zero-order valence-electron chi connectivity index (χ0n) is 13.0. The monoisotopic (exact) mass is 302 g/mol. The minimum Gasteiger partial charge on any atom is -0.376 e. The molecule has 2 bridgehead atoms. The van der Waals surface area contributed by atoms with Gasteiger partial charge in [0.05, 0.1) is 11.9 Å². The van der Waals surface area contributed by atoms with Gasteiger partial charge in [-0.1, -0.05) is 12.2 Å². The molecule has 2 aliphatic rings. The van der Waals surface area contributed by atoms with E-state index in [9.17, 15) is 9.59 Å². The van der Waals surface area contributed by atoms with Crippen molar-refractivity contribution in [3.05, 3.63) is 34.8 Å². The van der Waals surface area contributed by atoms with Gasteiger partial charge in [0.2, 0.25) is 5.91 Å². The third kappa shape index (κ3) is 3.05. The molecule has 1 fully saturated rings. The minimum atomic E-state index is -0.260. The van der Waals surface area contributed by atoms with E-state index in [1.807, 2.05) is 19.0 Å². The average molecular weight is 302 g/mol. The Bertz CT molecular complexity index is 650. The second-order valence-electron chi connectivity index (χ2n) is 6.45. The van der Waals surface area contributed by atoms with Gasteiger partial charge in [0.15, 0.2) is 0 Å². The lowest BCUT2D eigenvalue weighted by Gasteiger charge is -2.18. The van der Waals surface area contributed by atoms with Crippen LogP contribution in [0, 0.1) is 17.8 Å². The maximum atomic E-state index is 12.0. The van der Waals surface area contributed by atoms with E-state index in [0.717, 1.165) is 12.1 Å². The van der Waals surface area contributed by atoms with Crippen LogP contribution in [0.15, 0.2) is 29.2 Å². The van der Waals surface area contributed by atoms with Crippen molar-refractivity contribution in [2.75, 3.05) is 25.5 Å². The lowest BCUT2D eigenvalue weighted by molar-refractivity contribution is -0.122. The molecule has 3 rings (SSSR count). The van der Waals surface area contributed by atoms with Gasteiger partial charge in [-0.05, 0) is 30.6 Å². The molecule has 6 nitrogen and oxygen atoms in total. The van der Waals surface area contributed by atoms with Gasteiger partial charge in [-0.25, -0.2) is 4.68 Å². The fourth-order valence-electron chi connectivity index (χ4n) is 3.35. The van der Waals surface area contributed by atoms with E-state index >= 15 is 0 Å². The van der Waals surface area contributed by atoms with Crippen LogP contribution in [0.1, 0.15) is 12.8 Å². The summed E-state index contributed by atoms with van der Waals surface area (Å²) in [6.45, 7) is 0.665. The highest BCUT2D eigenvalue weighted by Crippen LogP contribution is 2.42.